The summed E-state index contributed by atoms with van der Waals surface area (Å²) < 4.78 is 0. The van der Waals surface area contributed by atoms with Crippen LogP contribution in [0.2, 0.25) is 0 Å². The van der Waals surface area contributed by atoms with Gasteiger partial charge in [-0.15, -0.1) is 0 Å². The topological polar surface area (TPSA) is 15.3 Å². The van der Waals surface area contributed by atoms with Gasteiger partial charge in [-0.05, 0) is 32.1 Å². The van der Waals surface area contributed by atoms with Crippen molar-refractivity contribution in [3.8, 4) is 0 Å². The first-order valence-electron chi connectivity index (χ1n) is 7.19. The summed E-state index contributed by atoms with van der Waals surface area (Å²) in [6.07, 6.45) is 0. The second kappa shape index (κ2) is 7.22. The molecule has 0 heterocycles. The molecule has 0 aliphatic rings. The third-order valence-electron chi connectivity index (χ3n) is 3.73. The average molecular weight is 268 g/mol. The van der Waals surface area contributed by atoms with Crippen molar-refractivity contribution in [3.05, 3.63) is 71.8 Å². The Morgan fingerprint density at radius 2 is 1.35 bits per heavy atom. The Kier molecular flexibility index (Phi) is 5.33. The smallest absolute Gasteiger partial charge is 0.0599 e. The quantitative estimate of drug-likeness (QED) is 0.864. The summed E-state index contributed by atoms with van der Waals surface area (Å²) in [5.41, 5.74) is 2.68. The molecule has 2 aromatic rings. The van der Waals surface area contributed by atoms with Crippen molar-refractivity contribution in [1.82, 2.24) is 10.2 Å². The maximum absolute atomic E-state index is 3.31. The lowest BCUT2D eigenvalue weighted by atomic mass is 9.97. The maximum atomic E-state index is 3.31. The Morgan fingerprint density at radius 3 is 1.75 bits per heavy atom. The van der Waals surface area contributed by atoms with E-state index in [9.17, 15) is 0 Å². The molecule has 2 aromatic carbocycles. The standard InChI is InChI=1S/C18H24N2/c1-15(19-2)14-20(3)18(16-10-6-4-7-11-16)17-12-8-5-9-13-17/h4-13,15,18-19H,14H2,1-3H3/t15-/m0/s1. The van der Waals surface area contributed by atoms with Crippen molar-refractivity contribution in [2.24, 2.45) is 0 Å². The number of nitrogens with one attached hydrogen (secondary N) is 1. The molecule has 0 unspecified atom stereocenters. The Bertz CT molecular complexity index is 456. The van der Waals surface area contributed by atoms with E-state index < -0.39 is 0 Å². The number of rotatable bonds is 6. The largest absolute Gasteiger partial charge is 0.316 e. The van der Waals surface area contributed by atoms with E-state index in [4.69, 9.17) is 0 Å². The molecule has 0 saturated carbocycles. The van der Waals surface area contributed by atoms with Crippen LogP contribution in [0.4, 0.5) is 0 Å². The second-order valence-electron chi connectivity index (χ2n) is 5.35. The first-order chi connectivity index (χ1) is 9.72. The van der Waals surface area contributed by atoms with E-state index in [0.29, 0.717) is 12.1 Å². The fraction of sp³-hybridized carbons (Fsp3) is 0.333. The van der Waals surface area contributed by atoms with Crippen LogP contribution in [0, 0.1) is 0 Å². The van der Waals surface area contributed by atoms with Crippen LogP contribution in [0.25, 0.3) is 0 Å². The Labute approximate surface area is 122 Å². The number of benzene rings is 2. The molecule has 106 valence electrons. The molecule has 2 heteroatoms. The number of likely N-dealkylation sites (N-methyl/N-ethyl adjacent to an activating group) is 2. The lowest BCUT2D eigenvalue weighted by Gasteiger charge is -2.31. The molecular weight excluding hydrogens is 244 g/mol. The van der Waals surface area contributed by atoms with Crippen LogP contribution in [0.15, 0.2) is 60.7 Å². The van der Waals surface area contributed by atoms with Gasteiger partial charge in [0, 0.05) is 12.6 Å². The Balaban J connectivity index is 2.30. The summed E-state index contributed by atoms with van der Waals surface area (Å²) in [5.74, 6) is 0. The normalized spacial score (nSPS) is 12.8. The molecule has 0 bridgehead atoms. The minimum absolute atomic E-state index is 0.299. The van der Waals surface area contributed by atoms with Crippen LogP contribution in [0.3, 0.4) is 0 Å². The highest BCUT2D eigenvalue weighted by atomic mass is 15.1. The summed E-state index contributed by atoms with van der Waals surface area (Å²) in [4.78, 5) is 2.41. The molecule has 0 fully saturated rings. The summed E-state index contributed by atoms with van der Waals surface area (Å²) >= 11 is 0. The molecule has 1 N–H and O–H groups in total. The highest BCUT2D eigenvalue weighted by Gasteiger charge is 2.19. The molecule has 2 rings (SSSR count). The minimum Gasteiger partial charge on any atom is -0.316 e. The van der Waals surface area contributed by atoms with Gasteiger partial charge >= 0.3 is 0 Å². The Hall–Kier alpha value is -1.64. The molecule has 0 saturated heterocycles. The van der Waals surface area contributed by atoms with Gasteiger partial charge in [0.05, 0.1) is 6.04 Å². The molecule has 2 nitrogen and oxygen atoms in total. The summed E-state index contributed by atoms with van der Waals surface area (Å²) in [5, 5.41) is 3.31. The molecule has 1 atom stereocenters. The van der Waals surface area contributed by atoms with E-state index in [1.54, 1.807) is 0 Å². The molecule has 0 aliphatic heterocycles. The third kappa shape index (κ3) is 3.69. The van der Waals surface area contributed by atoms with Crippen molar-refractivity contribution in [2.45, 2.75) is 19.0 Å². The lowest BCUT2D eigenvalue weighted by Crippen LogP contribution is -2.37. The molecule has 0 amide bonds. The van der Waals surface area contributed by atoms with Crippen molar-refractivity contribution >= 4 is 0 Å². The fourth-order valence-corrected chi connectivity index (χ4v) is 2.60. The van der Waals surface area contributed by atoms with Gasteiger partial charge in [0.1, 0.15) is 0 Å². The van der Waals surface area contributed by atoms with Crippen LogP contribution in [-0.2, 0) is 0 Å². The second-order valence-corrected chi connectivity index (χ2v) is 5.35. The van der Waals surface area contributed by atoms with Gasteiger partial charge in [0.2, 0.25) is 0 Å². The summed E-state index contributed by atoms with van der Waals surface area (Å²) in [6.45, 7) is 3.22. The van der Waals surface area contributed by atoms with E-state index in [-0.39, 0.29) is 0 Å². The molecule has 0 spiro atoms. The molecule has 0 radical (unpaired) electrons. The van der Waals surface area contributed by atoms with Gasteiger partial charge in [-0.25, -0.2) is 0 Å². The van der Waals surface area contributed by atoms with E-state index in [2.05, 4.69) is 84.9 Å². The van der Waals surface area contributed by atoms with Crippen LogP contribution >= 0.6 is 0 Å². The van der Waals surface area contributed by atoms with Crippen molar-refractivity contribution in [1.29, 1.82) is 0 Å². The predicted molar refractivity (Wildman–Crippen MR) is 85.9 cm³/mol. The monoisotopic (exact) mass is 268 g/mol. The first-order valence-corrected chi connectivity index (χ1v) is 7.19. The number of hydrogen-bond donors (Lipinski definition) is 1. The van der Waals surface area contributed by atoms with Crippen molar-refractivity contribution in [3.63, 3.8) is 0 Å². The molecule has 20 heavy (non-hydrogen) atoms. The van der Waals surface area contributed by atoms with Gasteiger partial charge in [0.25, 0.3) is 0 Å². The lowest BCUT2D eigenvalue weighted by molar-refractivity contribution is 0.255. The van der Waals surface area contributed by atoms with Crippen LogP contribution in [0.1, 0.15) is 24.1 Å². The van der Waals surface area contributed by atoms with E-state index in [1.807, 2.05) is 7.05 Å². The van der Waals surface area contributed by atoms with Crippen LogP contribution in [-0.4, -0.2) is 31.6 Å². The molecule has 0 aromatic heterocycles. The van der Waals surface area contributed by atoms with E-state index >= 15 is 0 Å². The van der Waals surface area contributed by atoms with Crippen molar-refractivity contribution < 1.29 is 0 Å². The Morgan fingerprint density at radius 1 is 0.900 bits per heavy atom. The SMILES string of the molecule is CN[C@@H](C)CN(C)C(c1ccccc1)c1ccccc1. The van der Waals surface area contributed by atoms with Gasteiger partial charge in [0.15, 0.2) is 0 Å². The van der Waals surface area contributed by atoms with Gasteiger partial charge in [-0.3, -0.25) is 4.90 Å². The van der Waals surface area contributed by atoms with Crippen LogP contribution in [0.5, 0.6) is 0 Å². The van der Waals surface area contributed by atoms with Gasteiger partial charge < -0.3 is 5.32 Å². The zero-order chi connectivity index (χ0) is 14.4. The average Bonchev–Trinajstić information content (AvgIpc) is 2.49. The van der Waals surface area contributed by atoms with Crippen LogP contribution < -0.4 is 5.32 Å². The number of hydrogen-bond acceptors (Lipinski definition) is 2. The predicted octanol–water partition coefficient (Wildman–Crippen LogP) is 3.32. The molecular formula is C18H24N2. The zero-order valence-corrected chi connectivity index (χ0v) is 12.6. The fourth-order valence-electron chi connectivity index (χ4n) is 2.60. The minimum atomic E-state index is 0.299. The molecule has 0 aliphatic carbocycles. The first kappa shape index (κ1) is 14.8. The highest BCUT2D eigenvalue weighted by Crippen LogP contribution is 2.27. The van der Waals surface area contributed by atoms with E-state index in [1.165, 1.54) is 11.1 Å². The van der Waals surface area contributed by atoms with Gasteiger partial charge in [-0.1, -0.05) is 60.7 Å². The summed E-state index contributed by atoms with van der Waals surface area (Å²) in [6, 6.07) is 22.2. The summed E-state index contributed by atoms with van der Waals surface area (Å²) in [7, 11) is 4.21. The zero-order valence-electron chi connectivity index (χ0n) is 12.6. The van der Waals surface area contributed by atoms with E-state index in [0.717, 1.165) is 6.54 Å². The van der Waals surface area contributed by atoms with Gasteiger partial charge in [-0.2, -0.15) is 0 Å². The third-order valence-corrected chi connectivity index (χ3v) is 3.73. The van der Waals surface area contributed by atoms with Crippen molar-refractivity contribution in [2.75, 3.05) is 20.6 Å². The number of nitrogens with zero attached hydrogens (tertiary/aromatic N) is 1. The highest BCUT2D eigenvalue weighted by molar-refractivity contribution is 5.31. The maximum Gasteiger partial charge on any atom is 0.0599 e.